The van der Waals surface area contributed by atoms with Gasteiger partial charge in [-0.15, -0.1) is 0 Å². The van der Waals surface area contributed by atoms with Crippen molar-refractivity contribution in [2.24, 2.45) is 0 Å². The van der Waals surface area contributed by atoms with Gasteiger partial charge in [-0.25, -0.2) is 0 Å². The van der Waals surface area contributed by atoms with E-state index in [1.807, 2.05) is 0 Å². The smallest absolute Gasteiger partial charge is 0.306 e. The molecule has 0 aliphatic carbocycles. The SMILES string of the molecule is CC/C=C\C/C=C\C/C=C\C/C=C\C/C=C\C/C=C\C/C=C\C/C=C\C/C=C\CCCCCC(=O)OCC(COC(=O)CCCC/C=C\C/C=C\C/C=C\C/C=C\CC)OC(=O)CCCCCC/C=C\C/C=C\C/C=C\C/C=C\CC. The highest BCUT2D eigenvalue weighted by Crippen LogP contribution is 2.12. The number of carbonyl (C=O) groups is 3. The van der Waals surface area contributed by atoms with E-state index in [-0.39, 0.29) is 44.0 Å². The number of allylic oxidation sites excluding steroid dienone is 34. The molecule has 0 amide bonds. The highest BCUT2D eigenvalue weighted by atomic mass is 16.6. The second kappa shape index (κ2) is 66.5. The van der Waals surface area contributed by atoms with Gasteiger partial charge in [-0.1, -0.05) is 247 Å². The van der Waals surface area contributed by atoms with Gasteiger partial charge in [0.25, 0.3) is 0 Å². The summed E-state index contributed by atoms with van der Waals surface area (Å²) in [6.07, 6.45) is 103. The van der Waals surface area contributed by atoms with Crippen LogP contribution in [0.5, 0.6) is 0 Å². The maximum atomic E-state index is 12.9. The molecule has 0 fully saturated rings. The van der Waals surface area contributed by atoms with E-state index >= 15 is 0 Å². The minimum absolute atomic E-state index is 0.131. The van der Waals surface area contributed by atoms with Crippen molar-refractivity contribution in [2.75, 3.05) is 13.2 Å². The van der Waals surface area contributed by atoms with Crippen molar-refractivity contribution in [3.8, 4) is 0 Å². The van der Waals surface area contributed by atoms with E-state index in [2.05, 4.69) is 227 Å². The number of rotatable bonds is 54. The van der Waals surface area contributed by atoms with Gasteiger partial charge in [0.1, 0.15) is 13.2 Å². The fourth-order valence-electron chi connectivity index (χ4n) is 7.65. The van der Waals surface area contributed by atoms with Crippen LogP contribution < -0.4 is 0 Å². The molecular formula is C75H112O6. The predicted octanol–water partition coefficient (Wildman–Crippen LogP) is 22.0. The molecule has 0 aromatic heterocycles. The minimum atomic E-state index is -0.837. The Bertz CT molecular complexity index is 2000. The molecule has 6 heteroatoms. The molecule has 0 saturated heterocycles. The molecule has 81 heavy (non-hydrogen) atoms. The first-order valence-electron chi connectivity index (χ1n) is 31.6. The van der Waals surface area contributed by atoms with E-state index in [9.17, 15) is 14.4 Å². The van der Waals surface area contributed by atoms with Crippen molar-refractivity contribution < 1.29 is 28.6 Å². The summed E-state index contributed by atoms with van der Waals surface area (Å²) in [5.74, 6) is -1.04. The predicted molar refractivity (Wildman–Crippen MR) is 352 cm³/mol. The molecule has 6 nitrogen and oxygen atoms in total. The van der Waals surface area contributed by atoms with Gasteiger partial charge in [-0.05, 0) is 167 Å². The van der Waals surface area contributed by atoms with Gasteiger partial charge in [0.2, 0.25) is 0 Å². The molecule has 448 valence electrons. The van der Waals surface area contributed by atoms with Gasteiger partial charge in [0, 0.05) is 19.3 Å². The van der Waals surface area contributed by atoms with E-state index < -0.39 is 6.10 Å². The van der Waals surface area contributed by atoms with Crippen molar-refractivity contribution in [3.05, 3.63) is 207 Å². The monoisotopic (exact) mass is 1110 g/mol. The quantitative estimate of drug-likeness (QED) is 0.0261. The van der Waals surface area contributed by atoms with Crippen LogP contribution in [-0.2, 0) is 28.6 Å². The first-order chi connectivity index (χ1) is 40.0. The lowest BCUT2D eigenvalue weighted by molar-refractivity contribution is -0.167. The van der Waals surface area contributed by atoms with Gasteiger partial charge >= 0.3 is 17.9 Å². The molecule has 0 N–H and O–H groups in total. The first kappa shape index (κ1) is 75.0. The summed E-state index contributed by atoms with van der Waals surface area (Å²) in [5.41, 5.74) is 0. The van der Waals surface area contributed by atoms with Gasteiger partial charge < -0.3 is 14.2 Å². The Morgan fingerprint density at radius 3 is 0.716 bits per heavy atom. The van der Waals surface area contributed by atoms with E-state index in [4.69, 9.17) is 14.2 Å². The average molecular weight is 1110 g/mol. The van der Waals surface area contributed by atoms with E-state index in [0.29, 0.717) is 12.8 Å². The fourth-order valence-corrected chi connectivity index (χ4v) is 7.65. The molecule has 0 heterocycles. The van der Waals surface area contributed by atoms with Gasteiger partial charge in [0.15, 0.2) is 6.10 Å². The molecule has 0 saturated carbocycles. The van der Waals surface area contributed by atoms with Gasteiger partial charge in [-0.2, -0.15) is 0 Å². The molecule has 0 bridgehead atoms. The van der Waals surface area contributed by atoms with Crippen molar-refractivity contribution in [2.45, 2.75) is 232 Å². The third-order valence-corrected chi connectivity index (χ3v) is 12.3. The van der Waals surface area contributed by atoms with Crippen molar-refractivity contribution in [3.63, 3.8) is 0 Å². The van der Waals surface area contributed by atoms with Crippen LogP contribution in [0.15, 0.2) is 207 Å². The molecule has 0 aliphatic heterocycles. The summed E-state index contributed by atoms with van der Waals surface area (Å²) in [5, 5.41) is 0. The maximum absolute atomic E-state index is 12.9. The molecule has 1 atom stereocenters. The zero-order chi connectivity index (χ0) is 58.5. The van der Waals surface area contributed by atoms with Crippen LogP contribution in [0.4, 0.5) is 0 Å². The second-order valence-electron chi connectivity index (χ2n) is 19.8. The van der Waals surface area contributed by atoms with Crippen LogP contribution >= 0.6 is 0 Å². The summed E-state index contributed by atoms with van der Waals surface area (Å²) >= 11 is 0. The Morgan fingerprint density at radius 2 is 0.444 bits per heavy atom. The number of hydrogen-bond acceptors (Lipinski definition) is 6. The molecule has 0 aromatic carbocycles. The molecule has 0 aliphatic rings. The van der Waals surface area contributed by atoms with Crippen LogP contribution in [-0.4, -0.2) is 37.2 Å². The summed E-state index contributed by atoms with van der Waals surface area (Å²) in [6, 6.07) is 0. The zero-order valence-electron chi connectivity index (χ0n) is 51.2. The maximum Gasteiger partial charge on any atom is 0.306 e. The van der Waals surface area contributed by atoms with Crippen molar-refractivity contribution >= 4 is 17.9 Å². The zero-order valence-corrected chi connectivity index (χ0v) is 51.2. The van der Waals surface area contributed by atoms with E-state index in [0.717, 1.165) is 180 Å². The van der Waals surface area contributed by atoms with E-state index in [1.54, 1.807) is 0 Å². The van der Waals surface area contributed by atoms with Crippen LogP contribution in [0, 0.1) is 0 Å². The Morgan fingerprint density at radius 1 is 0.247 bits per heavy atom. The Hall–Kier alpha value is -6.01. The van der Waals surface area contributed by atoms with Crippen molar-refractivity contribution in [1.29, 1.82) is 0 Å². The molecule has 0 spiro atoms. The molecule has 0 rings (SSSR count). The summed E-state index contributed by atoms with van der Waals surface area (Å²) in [6.45, 7) is 6.19. The number of carbonyl (C=O) groups excluding carboxylic acids is 3. The highest BCUT2D eigenvalue weighted by Gasteiger charge is 2.19. The lowest BCUT2D eigenvalue weighted by atomic mass is 10.1. The number of hydrogen-bond donors (Lipinski definition) is 0. The number of ether oxygens (including phenoxy) is 3. The largest absolute Gasteiger partial charge is 0.462 e. The van der Waals surface area contributed by atoms with Crippen molar-refractivity contribution in [1.82, 2.24) is 0 Å². The second-order valence-corrected chi connectivity index (χ2v) is 19.8. The molecule has 1 unspecified atom stereocenters. The van der Waals surface area contributed by atoms with Crippen LogP contribution in [0.3, 0.4) is 0 Å². The van der Waals surface area contributed by atoms with Gasteiger partial charge in [0.05, 0.1) is 0 Å². The highest BCUT2D eigenvalue weighted by molar-refractivity contribution is 5.71. The standard InChI is InChI=1S/C75H112O6/c1-4-7-10-13-16-19-22-25-28-30-31-32-33-34-35-36-37-38-39-40-41-42-43-45-47-50-53-56-59-62-65-68-74(77)80-71-72(70-79-73(76)67-64-61-58-55-52-49-46-27-24-21-18-15-12-9-6-3)81-75(78)69-66-63-60-57-54-51-48-44-29-26-23-20-17-14-11-8-5-2/h7-12,16-21,25-29,31-32,34-35,37-38,40-41,43,45-46,48,50-53,55,72H,4-6,13-15,22-24,30,33,36,39,42,44,47,49,54,56-71H2,1-3H3/b10-7-,11-8-,12-9-,19-16-,20-17-,21-18-,28-25-,29-26-,32-31-,35-34-,38-37-,41-40-,45-43-,46-27-,51-48-,53-50-,55-52-. The summed E-state index contributed by atoms with van der Waals surface area (Å²) in [4.78, 5) is 38.3. The third kappa shape index (κ3) is 64.7. The lowest BCUT2D eigenvalue weighted by Crippen LogP contribution is -2.30. The van der Waals surface area contributed by atoms with Crippen LogP contribution in [0.25, 0.3) is 0 Å². The van der Waals surface area contributed by atoms with Crippen LogP contribution in [0.1, 0.15) is 226 Å². The summed E-state index contributed by atoms with van der Waals surface area (Å²) in [7, 11) is 0. The summed E-state index contributed by atoms with van der Waals surface area (Å²) < 4.78 is 16.8. The van der Waals surface area contributed by atoms with E-state index in [1.165, 1.54) is 0 Å². The van der Waals surface area contributed by atoms with Gasteiger partial charge in [-0.3, -0.25) is 14.4 Å². The molecular weight excluding hydrogens is 997 g/mol. The topological polar surface area (TPSA) is 78.9 Å². The molecule has 0 aromatic rings. The Labute approximate surface area is 496 Å². The Balaban J connectivity index is 4.51. The fraction of sp³-hybridized carbons (Fsp3) is 0.507. The first-order valence-corrected chi connectivity index (χ1v) is 31.6. The molecule has 0 radical (unpaired) electrons. The third-order valence-electron chi connectivity index (χ3n) is 12.3. The Kier molecular flexibility index (Phi) is 61.6. The number of esters is 3. The number of unbranched alkanes of at least 4 members (excludes halogenated alkanes) is 9. The van der Waals surface area contributed by atoms with Crippen LogP contribution in [0.2, 0.25) is 0 Å². The minimum Gasteiger partial charge on any atom is -0.462 e. The normalized spacial score (nSPS) is 13.6. The lowest BCUT2D eigenvalue weighted by Gasteiger charge is -2.18. The average Bonchev–Trinajstić information content (AvgIpc) is 3.47.